The molecule has 23 heavy (non-hydrogen) atoms. The molecule has 1 unspecified atom stereocenters. The van der Waals surface area contributed by atoms with Crippen LogP contribution in [0.15, 0.2) is 47.2 Å². The van der Waals surface area contributed by atoms with E-state index in [1.54, 1.807) is 13.4 Å². The van der Waals surface area contributed by atoms with Crippen LogP contribution < -0.4 is 5.32 Å². The average Bonchev–Trinajstić information content (AvgIpc) is 3.10. The third-order valence-electron chi connectivity index (χ3n) is 4.36. The maximum Gasteiger partial charge on any atom is 0.117 e. The topological polar surface area (TPSA) is 50.5 Å². The monoisotopic (exact) mass is 315 g/mol. The molecular weight excluding hydrogens is 290 g/mol. The van der Waals surface area contributed by atoms with Crippen molar-refractivity contribution in [3.63, 3.8) is 0 Å². The molecular formula is C18H25N3O2. The summed E-state index contributed by atoms with van der Waals surface area (Å²) in [7, 11) is 1.74. The van der Waals surface area contributed by atoms with Crippen molar-refractivity contribution in [2.75, 3.05) is 26.8 Å². The second-order valence-electron chi connectivity index (χ2n) is 6.06. The fraction of sp³-hybridized carbons (Fsp3) is 0.500. The van der Waals surface area contributed by atoms with Crippen molar-refractivity contribution < 1.29 is 9.15 Å². The van der Waals surface area contributed by atoms with E-state index in [4.69, 9.17) is 9.15 Å². The minimum Gasteiger partial charge on any atom is -0.468 e. The largest absolute Gasteiger partial charge is 0.468 e. The molecule has 0 spiro atoms. The van der Waals surface area contributed by atoms with Crippen LogP contribution in [0.1, 0.15) is 30.3 Å². The number of nitrogens with zero attached hydrogens (tertiary/aromatic N) is 2. The van der Waals surface area contributed by atoms with Crippen LogP contribution in [0.5, 0.6) is 0 Å². The third kappa shape index (κ3) is 4.64. The maximum absolute atomic E-state index is 5.44. The van der Waals surface area contributed by atoms with E-state index >= 15 is 0 Å². The van der Waals surface area contributed by atoms with Gasteiger partial charge in [0.1, 0.15) is 5.76 Å². The Labute approximate surface area is 137 Å². The number of furan rings is 1. The van der Waals surface area contributed by atoms with Crippen LogP contribution in [0.25, 0.3) is 0 Å². The fourth-order valence-corrected chi connectivity index (χ4v) is 3.13. The van der Waals surface area contributed by atoms with E-state index in [2.05, 4.69) is 21.3 Å². The van der Waals surface area contributed by atoms with Gasteiger partial charge in [0.05, 0.1) is 31.2 Å². The number of methoxy groups -OCH3 is 1. The van der Waals surface area contributed by atoms with E-state index in [9.17, 15) is 0 Å². The van der Waals surface area contributed by atoms with Gasteiger partial charge in [-0.1, -0.05) is 6.07 Å². The molecule has 1 N–H and O–H groups in total. The van der Waals surface area contributed by atoms with E-state index in [1.165, 1.54) is 0 Å². The van der Waals surface area contributed by atoms with Crippen molar-refractivity contribution in [2.24, 2.45) is 0 Å². The van der Waals surface area contributed by atoms with Gasteiger partial charge in [-0.2, -0.15) is 0 Å². The molecule has 3 rings (SSSR count). The van der Waals surface area contributed by atoms with Gasteiger partial charge < -0.3 is 14.5 Å². The van der Waals surface area contributed by atoms with Crippen molar-refractivity contribution in [1.82, 2.24) is 15.2 Å². The highest BCUT2D eigenvalue weighted by molar-refractivity contribution is 5.09. The van der Waals surface area contributed by atoms with Crippen molar-refractivity contribution in [3.8, 4) is 0 Å². The van der Waals surface area contributed by atoms with Gasteiger partial charge >= 0.3 is 0 Å². The third-order valence-corrected chi connectivity index (χ3v) is 4.36. The summed E-state index contributed by atoms with van der Waals surface area (Å²) in [5, 5.41) is 3.71. The first-order valence-corrected chi connectivity index (χ1v) is 8.26. The van der Waals surface area contributed by atoms with Crippen LogP contribution in [0.3, 0.4) is 0 Å². The normalized spacial score (nSPS) is 18.1. The molecule has 0 aromatic carbocycles. The lowest BCUT2D eigenvalue weighted by molar-refractivity contribution is 0.135. The Morgan fingerprint density at radius 1 is 1.30 bits per heavy atom. The molecule has 5 heteroatoms. The molecule has 0 bridgehead atoms. The molecule has 1 saturated heterocycles. The molecule has 3 heterocycles. The minimum absolute atomic E-state index is 0.155. The van der Waals surface area contributed by atoms with E-state index in [-0.39, 0.29) is 6.04 Å². The molecule has 2 aromatic heterocycles. The molecule has 1 aliphatic rings. The van der Waals surface area contributed by atoms with Crippen molar-refractivity contribution >= 4 is 0 Å². The first-order chi connectivity index (χ1) is 11.3. The summed E-state index contributed by atoms with van der Waals surface area (Å²) in [5.41, 5.74) is 1.05. The van der Waals surface area contributed by atoms with Crippen molar-refractivity contribution in [1.29, 1.82) is 0 Å². The predicted octanol–water partition coefficient (Wildman–Crippen LogP) is 2.62. The second-order valence-corrected chi connectivity index (χ2v) is 6.06. The highest BCUT2D eigenvalue weighted by Gasteiger charge is 2.23. The molecule has 1 atom stereocenters. The summed E-state index contributed by atoms with van der Waals surface area (Å²) >= 11 is 0. The van der Waals surface area contributed by atoms with Gasteiger partial charge in [0.25, 0.3) is 0 Å². The Morgan fingerprint density at radius 3 is 2.83 bits per heavy atom. The zero-order valence-corrected chi connectivity index (χ0v) is 13.6. The van der Waals surface area contributed by atoms with Gasteiger partial charge in [0.15, 0.2) is 0 Å². The molecule has 0 amide bonds. The summed E-state index contributed by atoms with van der Waals surface area (Å²) in [5.74, 6) is 1.04. The summed E-state index contributed by atoms with van der Waals surface area (Å²) in [4.78, 5) is 6.91. The molecule has 0 aliphatic carbocycles. The molecule has 5 nitrogen and oxygen atoms in total. The Bertz CT molecular complexity index is 551. The van der Waals surface area contributed by atoms with E-state index in [1.807, 2.05) is 30.5 Å². The van der Waals surface area contributed by atoms with Crippen LogP contribution in [-0.2, 0) is 11.3 Å². The Kier molecular flexibility index (Phi) is 5.80. The van der Waals surface area contributed by atoms with Crippen molar-refractivity contribution in [2.45, 2.75) is 31.5 Å². The molecule has 2 aromatic rings. The van der Waals surface area contributed by atoms with Crippen LogP contribution in [0.4, 0.5) is 0 Å². The van der Waals surface area contributed by atoms with Crippen molar-refractivity contribution in [3.05, 3.63) is 54.2 Å². The number of nitrogens with one attached hydrogen (secondary N) is 1. The summed E-state index contributed by atoms with van der Waals surface area (Å²) in [6.45, 7) is 3.71. The second kappa shape index (κ2) is 8.24. The standard InChI is InChI=1S/C18H25N3O2/c1-22-14-18(17-6-2-3-9-19-17)20-15-7-10-21(11-8-15)13-16-5-4-12-23-16/h2-6,9,12,15,18,20H,7-8,10-11,13-14H2,1H3. The lowest BCUT2D eigenvalue weighted by Gasteiger charge is -2.34. The number of rotatable bonds is 7. The van der Waals surface area contributed by atoms with Gasteiger partial charge in [0, 0.05) is 32.4 Å². The lowest BCUT2D eigenvalue weighted by Crippen LogP contribution is -2.44. The van der Waals surface area contributed by atoms with Crippen LogP contribution in [0, 0.1) is 0 Å². The Balaban J connectivity index is 1.50. The van der Waals surface area contributed by atoms with E-state index < -0.39 is 0 Å². The molecule has 0 saturated carbocycles. The van der Waals surface area contributed by atoms with Crippen LogP contribution in [-0.4, -0.2) is 42.7 Å². The number of aromatic nitrogens is 1. The Morgan fingerprint density at radius 2 is 2.17 bits per heavy atom. The smallest absolute Gasteiger partial charge is 0.117 e. The fourth-order valence-electron chi connectivity index (χ4n) is 3.13. The summed E-state index contributed by atoms with van der Waals surface area (Å²) in [6, 6.07) is 10.7. The maximum atomic E-state index is 5.44. The van der Waals surface area contributed by atoms with Gasteiger partial charge in [-0.15, -0.1) is 0 Å². The van der Waals surface area contributed by atoms with Crippen LogP contribution in [0.2, 0.25) is 0 Å². The molecule has 124 valence electrons. The molecule has 1 fully saturated rings. The highest BCUT2D eigenvalue weighted by Crippen LogP contribution is 2.18. The van der Waals surface area contributed by atoms with E-state index in [0.717, 1.165) is 43.9 Å². The van der Waals surface area contributed by atoms with Gasteiger partial charge in [0.2, 0.25) is 0 Å². The number of likely N-dealkylation sites (tertiary alicyclic amines) is 1. The quantitative estimate of drug-likeness (QED) is 0.851. The number of hydrogen-bond donors (Lipinski definition) is 1. The SMILES string of the molecule is COCC(NC1CCN(Cc2ccco2)CC1)c1ccccn1. The zero-order valence-electron chi connectivity index (χ0n) is 13.6. The average molecular weight is 315 g/mol. The summed E-state index contributed by atoms with van der Waals surface area (Å²) < 4.78 is 10.8. The first kappa shape index (κ1) is 16.2. The van der Waals surface area contributed by atoms with Crippen LogP contribution >= 0.6 is 0 Å². The molecule has 0 radical (unpaired) electrons. The van der Waals surface area contributed by atoms with Gasteiger partial charge in [-0.05, 0) is 37.1 Å². The lowest BCUT2D eigenvalue weighted by atomic mass is 10.0. The predicted molar refractivity (Wildman–Crippen MR) is 89.0 cm³/mol. The first-order valence-electron chi connectivity index (χ1n) is 8.26. The van der Waals surface area contributed by atoms with E-state index in [0.29, 0.717) is 12.6 Å². The summed E-state index contributed by atoms with van der Waals surface area (Å²) in [6.07, 6.45) is 5.85. The highest BCUT2D eigenvalue weighted by atomic mass is 16.5. The minimum atomic E-state index is 0.155. The van der Waals surface area contributed by atoms with Gasteiger partial charge in [-0.25, -0.2) is 0 Å². The number of pyridine rings is 1. The number of piperidine rings is 1. The number of ether oxygens (including phenoxy) is 1. The zero-order chi connectivity index (χ0) is 15.9. The molecule has 1 aliphatic heterocycles. The van der Waals surface area contributed by atoms with Gasteiger partial charge in [-0.3, -0.25) is 9.88 Å². The number of hydrogen-bond acceptors (Lipinski definition) is 5. The Hall–Kier alpha value is -1.69.